The smallest absolute Gasteiger partial charge is 0.248 e. The first-order valence-electron chi connectivity index (χ1n) is 6.71. The molecule has 2 rings (SSSR count). The zero-order valence-electron chi connectivity index (χ0n) is 11.2. The molecule has 17 heavy (non-hydrogen) atoms. The second kappa shape index (κ2) is 5.36. The SMILES string of the molecule is CCN1C[C@@H]2CN(C(=O)COC(C)C)C[C@@H]2C1. The minimum absolute atomic E-state index is 0.136. The van der Waals surface area contributed by atoms with Crippen LogP contribution < -0.4 is 0 Å². The lowest BCUT2D eigenvalue weighted by Gasteiger charge is -2.21. The summed E-state index contributed by atoms with van der Waals surface area (Å²) in [6, 6.07) is 0. The first kappa shape index (κ1) is 12.8. The first-order valence-corrected chi connectivity index (χ1v) is 6.71. The molecule has 0 aromatic heterocycles. The van der Waals surface area contributed by atoms with Crippen molar-refractivity contribution in [3.8, 4) is 0 Å². The number of carbonyl (C=O) groups excluding carboxylic acids is 1. The number of nitrogens with zero attached hydrogens (tertiary/aromatic N) is 2. The van der Waals surface area contributed by atoms with Crippen LogP contribution in [-0.2, 0) is 9.53 Å². The van der Waals surface area contributed by atoms with Gasteiger partial charge in [-0.1, -0.05) is 6.92 Å². The van der Waals surface area contributed by atoms with Gasteiger partial charge >= 0.3 is 0 Å². The normalized spacial score (nSPS) is 29.1. The van der Waals surface area contributed by atoms with Gasteiger partial charge in [0.05, 0.1) is 6.10 Å². The Morgan fingerprint density at radius 1 is 1.24 bits per heavy atom. The fourth-order valence-electron chi connectivity index (χ4n) is 2.88. The highest BCUT2D eigenvalue weighted by molar-refractivity contribution is 5.77. The molecule has 0 bridgehead atoms. The maximum atomic E-state index is 11.9. The third kappa shape index (κ3) is 2.99. The molecule has 0 aromatic carbocycles. The number of ether oxygens (including phenoxy) is 1. The molecule has 2 aliphatic rings. The molecule has 0 radical (unpaired) electrons. The van der Waals surface area contributed by atoms with Crippen LogP contribution in [0.5, 0.6) is 0 Å². The molecule has 0 saturated carbocycles. The predicted molar refractivity (Wildman–Crippen MR) is 66.8 cm³/mol. The van der Waals surface area contributed by atoms with Crippen molar-refractivity contribution in [2.75, 3.05) is 39.3 Å². The van der Waals surface area contributed by atoms with Crippen LogP contribution in [0.1, 0.15) is 20.8 Å². The van der Waals surface area contributed by atoms with Crippen LogP contribution >= 0.6 is 0 Å². The lowest BCUT2D eigenvalue weighted by atomic mass is 10.0. The monoisotopic (exact) mass is 240 g/mol. The molecule has 2 heterocycles. The Bertz CT molecular complexity index is 267. The van der Waals surface area contributed by atoms with Crippen LogP contribution in [0.3, 0.4) is 0 Å². The van der Waals surface area contributed by atoms with Gasteiger partial charge in [0.15, 0.2) is 0 Å². The Morgan fingerprint density at radius 2 is 1.82 bits per heavy atom. The van der Waals surface area contributed by atoms with Crippen molar-refractivity contribution in [2.24, 2.45) is 11.8 Å². The molecule has 98 valence electrons. The highest BCUT2D eigenvalue weighted by atomic mass is 16.5. The van der Waals surface area contributed by atoms with E-state index in [1.165, 1.54) is 0 Å². The molecule has 1 amide bonds. The summed E-state index contributed by atoms with van der Waals surface area (Å²) in [6.45, 7) is 11.7. The molecule has 0 N–H and O–H groups in total. The molecular formula is C13H24N2O2. The van der Waals surface area contributed by atoms with E-state index >= 15 is 0 Å². The Balaban J connectivity index is 1.78. The summed E-state index contributed by atoms with van der Waals surface area (Å²) in [5.74, 6) is 1.55. The van der Waals surface area contributed by atoms with Gasteiger partial charge in [-0.2, -0.15) is 0 Å². The van der Waals surface area contributed by atoms with Crippen LogP contribution in [0.2, 0.25) is 0 Å². The van der Waals surface area contributed by atoms with Crippen molar-refractivity contribution in [3.05, 3.63) is 0 Å². The quantitative estimate of drug-likeness (QED) is 0.729. The molecule has 0 aromatic rings. The lowest BCUT2D eigenvalue weighted by Crippen LogP contribution is -2.35. The van der Waals surface area contributed by atoms with Gasteiger partial charge in [0.2, 0.25) is 5.91 Å². The Kier molecular flexibility index (Phi) is 4.05. The van der Waals surface area contributed by atoms with Crippen molar-refractivity contribution < 1.29 is 9.53 Å². The van der Waals surface area contributed by atoms with Gasteiger partial charge in [-0.25, -0.2) is 0 Å². The van der Waals surface area contributed by atoms with Crippen molar-refractivity contribution in [3.63, 3.8) is 0 Å². The molecule has 4 heteroatoms. The molecule has 2 atom stereocenters. The van der Waals surface area contributed by atoms with E-state index in [0.717, 1.165) is 32.7 Å². The van der Waals surface area contributed by atoms with Crippen molar-refractivity contribution >= 4 is 5.91 Å². The fraction of sp³-hybridized carbons (Fsp3) is 0.923. The summed E-state index contributed by atoms with van der Waals surface area (Å²) in [4.78, 5) is 16.4. The van der Waals surface area contributed by atoms with Gasteiger partial charge in [0.1, 0.15) is 6.61 Å². The summed E-state index contributed by atoms with van der Waals surface area (Å²) in [7, 11) is 0. The fourth-order valence-corrected chi connectivity index (χ4v) is 2.88. The highest BCUT2D eigenvalue weighted by Gasteiger charge is 2.40. The summed E-state index contributed by atoms with van der Waals surface area (Å²) >= 11 is 0. The number of hydrogen-bond donors (Lipinski definition) is 0. The van der Waals surface area contributed by atoms with E-state index < -0.39 is 0 Å². The van der Waals surface area contributed by atoms with Gasteiger partial charge in [-0.15, -0.1) is 0 Å². The standard InChI is InChI=1S/C13H24N2O2/c1-4-14-5-11-7-15(8-12(11)6-14)13(16)9-17-10(2)3/h10-12H,4-9H2,1-3H3/t11-,12+. The number of fused-ring (bicyclic) bond motifs is 1. The van der Waals surface area contributed by atoms with Crippen LogP contribution in [0.4, 0.5) is 0 Å². The summed E-state index contributed by atoms with van der Waals surface area (Å²) in [5, 5.41) is 0. The number of carbonyl (C=O) groups is 1. The van der Waals surface area contributed by atoms with Crippen molar-refractivity contribution in [1.82, 2.24) is 9.80 Å². The summed E-state index contributed by atoms with van der Waals surface area (Å²) in [5.41, 5.74) is 0. The number of likely N-dealkylation sites (tertiary alicyclic amines) is 2. The zero-order chi connectivity index (χ0) is 12.4. The second-order valence-corrected chi connectivity index (χ2v) is 5.53. The molecule has 0 spiro atoms. The molecular weight excluding hydrogens is 216 g/mol. The Hall–Kier alpha value is -0.610. The van der Waals surface area contributed by atoms with Crippen LogP contribution in [0.15, 0.2) is 0 Å². The molecule has 4 nitrogen and oxygen atoms in total. The number of rotatable bonds is 4. The third-order valence-electron chi connectivity index (χ3n) is 3.90. The predicted octanol–water partition coefficient (Wildman–Crippen LogP) is 0.821. The third-order valence-corrected chi connectivity index (χ3v) is 3.90. The van der Waals surface area contributed by atoms with Crippen molar-refractivity contribution in [2.45, 2.75) is 26.9 Å². The van der Waals surface area contributed by atoms with Gasteiger partial charge in [0, 0.05) is 26.2 Å². The second-order valence-electron chi connectivity index (χ2n) is 5.53. The largest absolute Gasteiger partial charge is 0.369 e. The van der Waals surface area contributed by atoms with Crippen LogP contribution in [0, 0.1) is 11.8 Å². The Labute approximate surface area is 104 Å². The van der Waals surface area contributed by atoms with Gasteiger partial charge in [-0.05, 0) is 32.2 Å². The molecule has 2 aliphatic heterocycles. The molecule has 2 saturated heterocycles. The average Bonchev–Trinajstić information content (AvgIpc) is 2.82. The topological polar surface area (TPSA) is 32.8 Å². The van der Waals surface area contributed by atoms with E-state index in [0.29, 0.717) is 11.8 Å². The summed E-state index contributed by atoms with van der Waals surface area (Å²) in [6.07, 6.45) is 0.136. The van der Waals surface area contributed by atoms with E-state index in [1.54, 1.807) is 0 Å². The Morgan fingerprint density at radius 3 is 2.29 bits per heavy atom. The van der Waals surface area contributed by atoms with E-state index in [4.69, 9.17) is 4.74 Å². The maximum Gasteiger partial charge on any atom is 0.248 e. The van der Waals surface area contributed by atoms with E-state index in [1.807, 2.05) is 18.7 Å². The van der Waals surface area contributed by atoms with Crippen LogP contribution in [-0.4, -0.2) is 61.1 Å². The number of hydrogen-bond acceptors (Lipinski definition) is 3. The minimum atomic E-state index is 0.136. The average molecular weight is 240 g/mol. The minimum Gasteiger partial charge on any atom is -0.369 e. The van der Waals surface area contributed by atoms with Gasteiger partial charge in [0.25, 0.3) is 0 Å². The first-order chi connectivity index (χ1) is 8.10. The van der Waals surface area contributed by atoms with Crippen LogP contribution in [0.25, 0.3) is 0 Å². The van der Waals surface area contributed by atoms with Gasteiger partial charge in [-0.3, -0.25) is 4.79 Å². The zero-order valence-corrected chi connectivity index (χ0v) is 11.2. The lowest BCUT2D eigenvalue weighted by molar-refractivity contribution is -0.136. The summed E-state index contributed by atoms with van der Waals surface area (Å²) < 4.78 is 5.38. The highest BCUT2D eigenvalue weighted by Crippen LogP contribution is 2.30. The molecule has 0 aliphatic carbocycles. The van der Waals surface area contributed by atoms with Crippen molar-refractivity contribution in [1.29, 1.82) is 0 Å². The molecule has 0 unspecified atom stereocenters. The van der Waals surface area contributed by atoms with E-state index in [2.05, 4.69) is 11.8 Å². The van der Waals surface area contributed by atoms with E-state index in [-0.39, 0.29) is 18.6 Å². The van der Waals surface area contributed by atoms with Gasteiger partial charge < -0.3 is 14.5 Å². The maximum absolute atomic E-state index is 11.9. The van der Waals surface area contributed by atoms with E-state index in [9.17, 15) is 4.79 Å². The number of amides is 1. The molecule has 2 fully saturated rings.